The lowest BCUT2D eigenvalue weighted by Crippen LogP contribution is -2.39. The molecule has 102 valence electrons. The van der Waals surface area contributed by atoms with Gasteiger partial charge in [-0.2, -0.15) is 0 Å². The lowest BCUT2D eigenvalue weighted by Gasteiger charge is -2.30. The molecule has 0 aliphatic carbocycles. The SMILES string of the molecule is CCN(CC(C)(C)O)c1ccc([C@H](C)N)cc1F. The van der Waals surface area contributed by atoms with Gasteiger partial charge in [-0.1, -0.05) is 6.07 Å². The molecule has 0 aliphatic heterocycles. The van der Waals surface area contributed by atoms with Gasteiger partial charge in [0.25, 0.3) is 0 Å². The van der Waals surface area contributed by atoms with Gasteiger partial charge in [0.1, 0.15) is 5.82 Å². The molecule has 0 radical (unpaired) electrons. The van der Waals surface area contributed by atoms with Crippen LogP contribution in [0.4, 0.5) is 10.1 Å². The first-order valence-corrected chi connectivity index (χ1v) is 6.27. The molecule has 1 atom stereocenters. The van der Waals surface area contributed by atoms with E-state index in [4.69, 9.17) is 5.73 Å². The first-order valence-electron chi connectivity index (χ1n) is 6.27. The van der Waals surface area contributed by atoms with Gasteiger partial charge in [-0.15, -0.1) is 0 Å². The van der Waals surface area contributed by atoms with Crippen molar-refractivity contribution in [2.24, 2.45) is 5.73 Å². The van der Waals surface area contributed by atoms with Crippen LogP contribution in [0, 0.1) is 5.82 Å². The van der Waals surface area contributed by atoms with Crippen LogP contribution in [-0.4, -0.2) is 23.8 Å². The standard InChI is InChI=1S/C14H23FN2O/c1-5-17(9-14(3,4)18)13-7-6-11(10(2)16)8-12(13)15/h6-8,10,18H,5,9,16H2,1-4H3/t10-/m0/s1. The van der Waals surface area contributed by atoms with Gasteiger partial charge < -0.3 is 15.7 Å². The summed E-state index contributed by atoms with van der Waals surface area (Å²) in [6.07, 6.45) is 0. The zero-order valence-corrected chi connectivity index (χ0v) is 11.6. The third-order valence-corrected chi connectivity index (χ3v) is 2.80. The molecule has 0 unspecified atom stereocenters. The molecule has 1 aromatic carbocycles. The Morgan fingerprint density at radius 3 is 2.44 bits per heavy atom. The molecule has 0 fully saturated rings. The summed E-state index contributed by atoms with van der Waals surface area (Å²) in [6.45, 7) is 8.21. The monoisotopic (exact) mass is 254 g/mol. The number of aliphatic hydroxyl groups is 1. The normalized spacial score (nSPS) is 13.5. The molecule has 0 aliphatic rings. The highest BCUT2D eigenvalue weighted by Crippen LogP contribution is 2.24. The van der Waals surface area contributed by atoms with Gasteiger partial charge in [-0.05, 0) is 45.4 Å². The van der Waals surface area contributed by atoms with Crippen LogP contribution >= 0.6 is 0 Å². The van der Waals surface area contributed by atoms with Crippen molar-refractivity contribution in [3.05, 3.63) is 29.6 Å². The van der Waals surface area contributed by atoms with Crippen molar-refractivity contribution in [2.45, 2.75) is 39.3 Å². The van der Waals surface area contributed by atoms with Crippen LogP contribution in [0.15, 0.2) is 18.2 Å². The van der Waals surface area contributed by atoms with Crippen molar-refractivity contribution >= 4 is 5.69 Å². The average Bonchev–Trinajstić information content (AvgIpc) is 2.24. The Kier molecular flexibility index (Phi) is 4.71. The third kappa shape index (κ3) is 3.96. The van der Waals surface area contributed by atoms with Gasteiger partial charge >= 0.3 is 0 Å². The number of nitrogens with zero attached hydrogens (tertiary/aromatic N) is 1. The van der Waals surface area contributed by atoms with Crippen LogP contribution in [0.25, 0.3) is 0 Å². The Hall–Kier alpha value is -1.13. The second-order valence-corrected chi connectivity index (χ2v) is 5.33. The quantitative estimate of drug-likeness (QED) is 0.848. The fourth-order valence-electron chi connectivity index (χ4n) is 1.90. The Balaban J connectivity index is 3.00. The molecule has 18 heavy (non-hydrogen) atoms. The summed E-state index contributed by atoms with van der Waals surface area (Å²) in [4.78, 5) is 1.82. The topological polar surface area (TPSA) is 49.5 Å². The van der Waals surface area contributed by atoms with Crippen LogP contribution < -0.4 is 10.6 Å². The molecule has 3 nitrogen and oxygen atoms in total. The van der Waals surface area contributed by atoms with Crippen LogP contribution in [0.5, 0.6) is 0 Å². The van der Waals surface area contributed by atoms with Crippen LogP contribution in [0.3, 0.4) is 0 Å². The van der Waals surface area contributed by atoms with E-state index in [2.05, 4.69) is 0 Å². The van der Waals surface area contributed by atoms with Crippen LogP contribution in [-0.2, 0) is 0 Å². The maximum Gasteiger partial charge on any atom is 0.146 e. The van der Waals surface area contributed by atoms with Gasteiger partial charge in [-0.25, -0.2) is 4.39 Å². The van der Waals surface area contributed by atoms with Gasteiger partial charge in [0.05, 0.1) is 11.3 Å². The first-order chi connectivity index (χ1) is 8.24. The van der Waals surface area contributed by atoms with Crippen molar-refractivity contribution in [1.29, 1.82) is 0 Å². The fourth-order valence-corrected chi connectivity index (χ4v) is 1.90. The lowest BCUT2D eigenvalue weighted by atomic mass is 10.1. The second-order valence-electron chi connectivity index (χ2n) is 5.33. The maximum atomic E-state index is 14.0. The molecule has 0 spiro atoms. The second kappa shape index (κ2) is 5.67. The van der Waals surface area contributed by atoms with E-state index >= 15 is 0 Å². The minimum Gasteiger partial charge on any atom is -0.389 e. The average molecular weight is 254 g/mol. The predicted molar refractivity (Wildman–Crippen MR) is 73.2 cm³/mol. The summed E-state index contributed by atoms with van der Waals surface area (Å²) in [5.41, 5.74) is 6.14. The number of halogens is 1. The summed E-state index contributed by atoms with van der Waals surface area (Å²) in [5, 5.41) is 9.83. The minimum atomic E-state index is -0.859. The molecular formula is C14H23FN2O. The molecule has 1 aromatic rings. The largest absolute Gasteiger partial charge is 0.389 e. The first kappa shape index (κ1) is 14.9. The number of hydrogen-bond donors (Lipinski definition) is 2. The Morgan fingerprint density at radius 2 is 2.06 bits per heavy atom. The molecule has 0 saturated heterocycles. The maximum absolute atomic E-state index is 14.0. The predicted octanol–water partition coefficient (Wildman–Crippen LogP) is 2.44. The molecule has 0 saturated carbocycles. The van der Waals surface area contributed by atoms with Crippen LogP contribution in [0.2, 0.25) is 0 Å². The van der Waals surface area contributed by atoms with E-state index in [1.807, 2.05) is 24.8 Å². The van der Waals surface area contributed by atoms with E-state index in [9.17, 15) is 9.50 Å². The highest BCUT2D eigenvalue weighted by atomic mass is 19.1. The van der Waals surface area contributed by atoms with Crippen LogP contribution in [0.1, 0.15) is 39.3 Å². The Morgan fingerprint density at radius 1 is 1.44 bits per heavy atom. The summed E-state index contributed by atoms with van der Waals surface area (Å²) in [7, 11) is 0. The summed E-state index contributed by atoms with van der Waals surface area (Å²) < 4.78 is 14.0. The number of likely N-dealkylation sites (N-methyl/N-ethyl adjacent to an activating group) is 1. The third-order valence-electron chi connectivity index (χ3n) is 2.80. The van der Waals surface area contributed by atoms with Crippen molar-refractivity contribution in [1.82, 2.24) is 0 Å². The smallest absolute Gasteiger partial charge is 0.146 e. The molecule has 1 rings (SSSR count). The number of benzene rings is 1. The number of anilines is 1. The molecule has 0 amide bonds. The molecule has 0 heterocycles. The zero-order valence-electron chi connectivity index (χ0n) is 11.6. The van der Waals surface area contributed by atoms with E-state index in [0.717, 1.165) is 5.56 Å². The van der Waals surface area contributed by atoms with Crippen molar-refractivity contribution < 1.29 is 9.50 Å². The highest BCUT2D eigenvalue weighted by Gasteiger charge is 2.20. The van der Waals surface area contributed by atoms with Gasteiger partial charge in [0.15, 0.2) is 0 Å². The van der Waals surface area contributed by atoms with Crippen molar-refractivity contribution in [3.8, 4) is 0 Å². The molecular weight excluding hydrogens is 231 g/mol. The highest BCUT2D eigenvalue weighted by molar-refractivity contribution is 5.49. The van der Waals surface area contributed by atoms with Gasteiger partial charge in [0, 0.05) is 19.1 Å². The van der Waals surface area contributed by atoms with Gasteiger partial charge in [0.2, 0.25) is 0 Å². The van der Waals surface area contributed by atoms with Gasteiger partial charge in [-0.3, -0.25) is 0 Å². The molecule has 4 heteroatoms. The van der Waals surface area contributed by atoms with Crippen molar-refractivity contribution in [2.75, 3.05) is 18.0 Å². The molecule has 0 aromatic heterocycles. The number of nitrogens with two attached hydrogens (primary N) is 1. The van der Waals surface area contributed by atoms with Crippen molar-refractivity contribution in [3.63, 3.8) is 0 Å². The van der Waals surface area contributed by atoms with E-state index in [-0.39, 0.29) is 11.9 Å². The molecule has 3 N–H and O–H groups in total. The van der Waals surface area contributed by atoms with E-state index in [0.29, 0.717) is 18.8 Å². The summed E-state index contributed by atoms with van der Waals surface area (Å²) in [5.74, 6) is -0.295. The fraction of sp³-hybridized carbons (Fsp3) is 0.571. The van der Waals surface area contributed by atoms with E-state index < -0.39 is 5.60 Å². The Bertz CT molecular complexity index is 399. The minimum absolute atomic E-state index is 0.182. The number of rotatable bonds is 5. The summed E-state index contributed by atoms with van der Waals surface area (Å²) >= 11 is 0. The number of hydrogen-bond acceptors (Lipinski definition) is 3. The lowest BCUT2D eigenvalue weighted by molar-refractivity contribution is 0.0874. The zero-order chi connectivity index (χ0) is 13.9. The Labute approximate surface area is 108 Å². The van der Waals surface area contributed by atoms with E-state index in [1.54, 1.807) is 19.9 Å². The van der Waals surface area contributed by atoms with E-state index in [1.165, 1.54) is 6.07 Å². The molecule has 0 bridgehead atoms. The summed E-state index contributed by atoms with van der Waals surface area (Å²) in [6, 6.07) is 4.84.